The van der Waals surface area contributed by atoms with Crippen LogP contribution in [0.25, 0.3) is 0 Å². The molecule has 2 aliphatic rings. The number of benzene rings is 2. The third-order valence-electron chi connectivity index (χ3n) is 6.96. The minimum absolute atomic E-state index is 0.133. The van der Waals surface area contributed by atoms with E-state index in [-0.39, 0.29) is 12.1 Å². The predicted molar refractivity (Wildman–Crippen MR) is 131 cm³/mol. The first-order chi connectivity index (χ1) is 17.2. The van der Waals surface area contributed by atoms with Crippen molar-refractivity contribution < 1.29 is 14.2 Å². The first kappa shape index (κ1) is 23.7. The van der Waals surface area contributed by atoms with Gasteiger partial charge in [0.05, 0.1) is 26.9 Å². The van der Waals surface area contributed by atoms with Crippen LogP contribution in [0.4, 0.5) is 0 Å². The molecule has 0 bridgehead atoms. The van der Waals surface area contributed by atoms with Gasteiger partial charge in [0.1, 0.15) is 17.5 Å². The van der Waals surface area contributed by atoms with E-state index < -0.39 is 0 Å². The number of ether oxygens (including phenoxy) is 3. The largest absolute Gasteiger partial charge is 0.497 e. The van der Waals surface area contributed by atoms with Gasteiger partial charge in [-0.2, -0.15) is 0 Å². The van der Waals surface area contributed by atoms with Gasteiger partial charge in [-0.1, -0.05) is 30.3 Å². The van der Waals surface area contributed by atoms with Crippen LogP contribution in [-0.2, 0) is 17.8 Å². The number of methoxy groups -OCH3 is 2. The van der Waals surface area contributed by atoms with E-state index in [2.05, 4.69) is 61.7 Å². The number of hydrogen-bond donors (Lipinski definition) is 0. The molecule has 186 valence electrons. The Bertz CT molecular complexity index is 1080. The molecule has 35 heavy (non-hydrogen) atoms. The lowest BCUT2D eigenvalue weighted by atomic mass is 10.0. The van der Waals surface area contributed by atoms with Crippen LogP contribution in [0.3, 0.4) is 0 Å². The third-order valence-corrected chi connectivity index (χ3v) is 6.96. The molecule has 3 heterocycles. The molecule has 5 rings (SSSR count). The second-order valence-electron chi connectivity index (χ2n) is 9.16. The lowest BCUT2D eigenvalue weighted by Gasteiger charge is -2.39. The van der Waals surface area contributed by atoms with Crippen LogP contribution in [0.1, 0.15) is 35.8 Å². The van der Waals surface area contributed by atoms with Crippen molar-refractivity contribution in [2.45, 2.75) is 38.1 Å². The van der Waals surface area contributed by atoms with E-state index in [4.69, 9.17) is 14.2 Å². The van der Waals surface area contributed by atoms with Gasteiger partial charge in [0.15, 0.2) is 5.82 Å². The molecule has 2 aromatic carbocycles. The average molecular weight is 479 g/mol. The zero-order valence-electron chi connectivity index (χ0n) is 20.5. The smallest absolute Gasteiger partial charge is 0.173 e. The molecular formula is C26H34N6O3. The maximum Gasteiger partial charge on any atom is 0.173 e. The molecule has 0 saturated carbocycles. The molecule has 0 spiro atoms. The van der Waals surface area contributed by atoms with Crippen molar-refractivity contribution in [3.05, 3.63) is 65.5 Å². The highest BCUT2D eigenvalue weighted by Crippen LogP contribution is 2.36. The van der Waals surface area contributed by atoms with E-state index in [0.29, 0.717) is 6.54 Å². The van der Waals surface area contributed by atoms with E-state index in [0.717, 1.165) is 75.1 Å². The molecule has 0 radical (unpaired) electrons. The van der Waals surface area contributed by atoms with E-state index in [9.17, 15) is 0 Å². The quantitative estimate of drug-likeness (QED) is 0.465. The Morgan fingerprint density at radius 1 is 1.03 bits per heavy atom. The summed E-state index contributed by atoms with van der Waals surface area (Å²) in [6.07, 6.45) is 2.27. The highest BCUT2D eigenvalue weighted by Gasteiger charge is 2.33. The molecule has 9 nitrogen and oxygen atoms in total. The van der Waals surface area contributed by atoms with Gasteiger partial charge in [-0.05, 0) is 41.0 Å². The van der Waals surface area contributed by atoms with E-state index in [1.165, 1.54) is 5.56 Å². The van der Waals surface area contributed by atoms with E-state index >= 15 is 0 Å². The van der Waals surface area contributed by atoms with Crippen LogP contribution in [0, 0.1) is 0 Å². The van der Waals surface area contributed by atoms with Crippen LogP contribution < -0.4 is 9.47 Å². The van der Waals surface area contributed by atoms with Crippen LogP contribution in [0.15, 0.2) is 48.5 Å². The van der Waals surface area contributed by atoms with Gasteiger partial charge in [0.2, 0.25) is 0 Å². The van der Waals surface area contributed by atoms with Gasteiger partial charge in [-0.15, -0.1) is 5.10 Å². The number of rotatable bonds is 9. The normalized spacial score (nSPS) is 20.1. The summed E-state index contributed by atoms with van der Waals surface area (Å²) in [5, 5.41) is 12.9. The molecule has 2 aliphatic heterocycles. The Kier molecular flexibility index (Phi) is 7.56. The molecule has 0 N–H and O–H groups in total. The number of piperazine rings is 1. The highest BCUT2D eigenvalue weighted by atomic mass is 16.5. The minimum atomic E-state index is -0.133. The van der Waals surface area contributed by atoms with Crippen molar-refractivity contribution in [2.75, 3.05) is 47.0 Å². The average Bonchev–Trinajstić information content (AvgIpc) is 3.59. The van der Waals surface area contributed by atoms with Crippen LogP contribution in [0.2, 0.25) is 0 Å². The number of aromatic nitrogens is 4. The molecule has 2 saturated heterocycles. The van der Waals surface area contributed by atoms with Gasteiger partial charge in [0, 0.05) is 51.0 Å². The molecular weight excluding hydrogens is 444 g/mol. The van der Waals surface area contributed by atoms with Crippen molar-refractivity contribution in [3.63, 3.8) is 0 Å². The van der Waals surface area contributed by atoms with Gasteiger partial charge in [-0.25, -0.2) is 4.68 Å². The SMILES string of the molecule is COc1ccc(C(c2nnnn2CC2CCCO2)N2CCN(Cc3ccccc3)CC2)c(OC)c1. The van der Waals surface area contributed by atoms with Gasteiger partial charge in [-0.3, -0.25) is 9.80 Å². The monoisotopic (exact) mass is 478 g/mol. The summed E-state index contributed by atoms with van der Waals surface area (Å²) in [6, 6.07) is 16.5. The first-order valence-corrected chi connectivity index (χ1v) is 12.3. The Morgan fingerprint density at radius 2 is 1.86 bits per heavy atom. The summed E-state index contributed by atoms with van der Waals surface area (Å²) < 4.78 is 19.1. The van der Waals surface area contributed by atoms with Crippen molar-refractivity contribution in [2.24, 2.45) is 0 Å². The van der Waals surface area contributed by atoms with E-state index in [1.54, 1.807) is 14.2 Å². The van der Waals surface area contributed by atoms with Crippen LogP contribution in [0.5, 0.6) is 11.5 Å². The fraction of sp³-hybridized carbons (Fsp3) is 0.500. The maximum atomic E-state index is 5.88. The zero-order chi connectivity index (χ0) is 24.0. The van der Waals surface area contributed by atoms with Crippen molar-refractivity contribution in [1.29, 1.82) is 0 Å². The van der Waals surface area contributed by atoms with Crippen LogP contribution in [-0.4, -0.2) is 83.1 Å². The Balaban J connectivity index is 1.41. The molecule has 2 unspecified atom stereocenters. The second kappa shape index (κ2) is 11.2. The number of nitrogens with zero attached hydrogens (tertiary/aromatic N) is 6. The maximum absolute atomic E-state index is 5.88. The fourth-order valence-electron chi connectivity index (χ4n) is 5.08. The Morgan fingerprint density at radius 3 is 2.57 bits per heavy atom. The lowest BCUT2D eigenvalue weighted by Crippen LogP contribution is -2.48. The highest BCUT2D eigenvalue weighted by molar-refractivity contribution is 5.44. The first-order valence-electron chi connectivity index (χ1n) is 12.3. The number of hydrogen-bond acceptors (Lipinski definition) is 8. The second-order valence-corrected chi connectivity index (χ2v) is 9.16. The Labute approximate surface area is 206 Å². The molecule has 1 aromatic heterocycles. The Hall–Kier alpha value is -3.01. The standard InChI is InChI=1S/C26H34N6O3/c1-33-21-10-11-23(24(17-21)34-2)25(26-27-28-29-32(26)19-22-9-6-16-35-22)31-14-12-30(13-15-31)18-20-7-4-3-5-8-20/h3-5,7-8,10-11,17,22,25H,6,9,12-16,18-19H2,1-2H3. The van der Waals surface area contributed by atoms with Crippen molar-refractivity contribution in [1.82, 2.24) is 30.0 Å². The van der Waals surface area contributed by atoms with Gasteiger partial charge >= 0.3 is 0 Å². The van der Waals surface area contributed by atoms with E-state index in [1.807, 2.05) is 16.8 Å². The summed E-state index contributed by atoms with van der Waals surface area (Å²) in [6.45, 7) is 6.17. The minimum Gasteiger partial charge on any atom is -0.497 e. The number of tetrazole rings is 1. The predicted octanol–water partition coefficient (Wildman–Crippen LogP) is 2.78. The molecule has 0 amide bonds. The van der Waals surface area contributed by atoms with Crippen molar-refractivity contribution in [3.8, 4) is 11.5 Å². The molecule has 3 aromatic rings. The third kappa shape index (κ3) is 5.47. The molecule has 2 atom stereocenters. The summed E-state index contributed by atoms with van der Waals surface area (Å²) in [5.74, 6) is 2.35. The summed E-state index contributed by atoms with van der Waals surface area (Å²) in [5.41, 5.74) is 2.38. The van der Waals surface area contributed by atoms with Gasteiger partial charge in [0.25, 0.3) is 0 Å². The summed E-state index contributed by atoms with van der Waals surface area (Å²) >= 11 is 0. The van der Waals surface area contributed by atoms with Gasteiger partial charge < -0.3 is 14.2 Å². The lowest BCUT2D eigenvalue weighted by molar-refractivity contribution is 0.0838. The zero-order valence-corrected chi connectivity index (χ0v) is 20.5. The molecule has 2 fully saturated rings. The molecule has 0 aliphatic carbocycles. The summed E-state index contributed by atoms with van der Waals surface area (Å²) in [4.78, 5) is 4.97. The summed E-state index contributed by atoms with van der Waals surface area (Å²) in [7, 11) is 3.36. The van der Waals surface area contributed by atoms with Crippen molar-refractivity contribution >= 4 is 0 Å². The molecule has 9 heteroatoms. The fourth-order valence-corrected chi connectivity index (χ4v) is 5.08. The topological polar surface area (TPSA) is 77.8 Å². The van der Waals surface area contributed by atoms with Crippen LogP contribution >= 0.6 is 0 Å².